The summed E-state index contributed by atoms with van der Waals surface area (Å²) in [7, 11) is 0. The Balaban J connectivity index is 3.09. The highest BCUT2D eigenvalue weighted by Gasteiger charge is 2.14. The molecule has 1 N–H and O–H groups in total. The van der Waals surface area contributed by atoms with Gasteiger partial charge in [-0.2, -0.15) is 0 Å². The Morgan fingerprint density at radius 2 is 2.27 bits per heavy atom. The van der Waals surface area contributed by atoms with Gasteiger partial charge in [-0.3, -0.25) is 0 Å². The molecule has 1 aromatic carbocycles. The molecule has 3 heteroatoms. The zero-order chi connectivity index (χ0) is 11.4. The first-order chi connectivity index (χ1) is 7.06. The highest BCUT2D eigenvalue weighted by atomic mass is 127. The van der Waals surface area contributed by atoms with E-state index in [1.54, 1.807) is 0 Å². The normalized spacial score (nSPS) is 12.5. The maximum atomic E-state index is 4.04. The van der Waals surface area contributed by atoms with Crippen LogP contribution in [0.15, 0.2) is 34.8 Å². The predicted molar refractivity (Wildman–Crippen MR) is 78.1 cm³/mol. The van der Waals surface area contributed by atoms with Crippen LogP contribution in [0.3, 0.4) is 0 Å². The van der Waals surface area contributed by atoms with E-state index in [0.717, 1.165) is 16.6 Å². The summed E-state index contributed by atoms with van der Waals surface area (Å²) < 4.78 is 2.38. The van der Waals surface area contributed by atoms with Crippen molar-refractivity contribution in [3.8, 4) is 0 Å². The third kappa shape index (κ3) is 3.57. The Bertz CT molecular complexity index is 363. The molecule has 0 saturated heterocycles. The lowest BCUT2D eigenvalue weighted by Gasteiger charge is -2.20. The molecule has 0 saturated carbocycles. The minimum absolute atomic E-state index is 0.249. The number of likely N-dealkylation sites (N-methyl/N-ethyl adjacent to an activating group) is 1. The van der Waals surface area contributed by atoms with E-state index in [0.29, 0.717) is 0 Å². The summed E-state index contributed by atoms with van der Waals surface area (Å²) >= 11 is 5.87. The van der Waals surface area contributed by atoms with Gasteiger partial charge in [-0.15, -0.1) is 0 Å². The van der Waals surface area contributed by atoms with E-state index < -0.39 is 0 Å². The van der Waals surface area contributed by atoms with Crippen LogP contribution in [0.4, 0.5) is 0 Å². The van der Waals surface area contributed by atoms with Gasteiger partial charge >= 0.3 is 0 Å². The van der Waals surface area contributed by atoms with Gasteiger partial charge in [-0.1, -0.05) is 35.0 Å². The van der Waals surface area contributed by atoms with Crippen LogP contribution in [0.1, 0.15) is 25.5 Å². The van der Waals surface area contributed by atoms with Crippen LogP contribution in [-0.2, 0) is 0 Å². The molecule has 82 valence electrons. The molecule has 1 unspecified atom stereocenters. The quantitative estimate of drug-likeness (QED) is 0.608. The fraction of sp³-hybridized carbons (Fsp3) is 0.333. The Morgan fingerprint density at radius 3 is 2.80 bits per heavy atom. The first-order valence-corrected chi connectivity index (χ1v) is 6.77. The molecule has 0 aromatic heterocycles. The number of halogens is 2. The van der Waals surface area contributed by atoms with Gasteiger partial charge in [-0.05, 0) is 59.8 Å². The van der Waals surface area contributed by atoms with Crippen molar-refractivity contribution in [1.82, 2.24) is 5.32 Å². The Morgan fingerprint density at radius 1 is 1.60 bits per heavy atom. The summed E-state index contributed by atoms with van der Waals surface area (Å²) in [6.07, 6.45) is 0. The molecule has 1 nitrogen and oxygen atoms in total. The Hall–Kier alpha value is 0.130. The Kier molecular flexibility index (Phi) is 5.29. The van der Waals surface area contributed by atoms with E-state index in [2.05, 4.69) is 82.5 Å². The van der Waals surface area contributed by atoms with Crippen LogP contribution in [0.5, 0.6) is 0 Å². The van der Waals surface area contributed by atoms with Crippen LogP contribution in [0.25, 0.3) is 0 Å². The molecule has 1 atom stereocenters. The average molecular weight is 380 g/mol. The molecule has 0 fully saturated rings. The summed E-state index contributed by atoms with van der Waals surface area (Å²) in [6.45, 7) is 9.16. The zero-order valence-corrected chi connectivity index (χ0v) is 12.7. The van der Waals surface area contributed by atoms with E-state index in [-0.39, 0.29) is 6.04 Å². The Labute approximate surface area is 114 Å². The second-order valence-corrected chi connectivity index (χ2v) is 5.58. The van der Waals surface area contributed by atoms with Crippen LogP contribution >= 0.6 is 38.5 Å². The van der Waals surface area contributed by atoms with Crippen LogP contribution in [-0.4, -0.2) is 6.54 Å². The lowest BCUT2D eigenvalue weighted by molar-refractivity contribution is 0.619. The fourth-order valence-electron chi connectivity index (χ4n) is 1.49. The fourth-order valence-corrected chi connectivity index (χ4v) is 2.52. The number of nitrogens with one attached hydrogen (secondary N) is 1. The molecule has 15 heavy (non-hydrogen) atoms. The minimum Gasteiger partial charge on any atom is -0.307 e. The van der Waals surface area contributed by atoms with Gasteiger partial charge < -0.3 is 5.32 Å². The molecule has 0 aliphatic rings. The third-order valence-electron chi connectivity index (χ3n) is 2.17. The molecule has 0 aliphatic heterocycles. The molecule has 0 aliphatic carbocycles. The number of hydrogen-bond acceptors (Lipinski definition) is 1. The molecule has 1 aromatic rings. The van der Waals surface area contributed by atoms with Crippen molar-refractivity contribution >= 4 is 38.5 Å². The molecular formula is C12H15BrIN. The number of benzene rings is 1. The van der Waals surface area contributed by atoms with Gasteiger partial charge in [0.1, 0.15) is 0 Å². The van der Waals surface area contributed by atoms with Gasteiger partial charge in [0.2, 0.25) is 0 Å². The van der Waals surface area contributed by atoms with Gasteiger partial charge in [0.05, 0.1) is 6.04 Å². The van der Waals surface area contributed by atoms with Gasteiger partial charge in [0.25, 0.3) is 0 Å². The van der Waals surface area contributed by atoms with Crippen molar-refractivity contribution in [3.63, 3.8) is 0 Å². The number of rotatable bonds is 4. The standard InChI is InChI=1S/C12H15BrIN/c1-4-15-12(8(2)3)10-7-9(13)5-6-11(10)14/h5-7,12,15H,2,4H2,1,3H3. The lowest BCUT2D eigenvalue weighted by atomic mass is 10.0. The van der Waals surface area contributed by atoms with Crippen molar-refractivity contribution in [1.29, 1.82) is 0 Å². The SMILES string of the molecule is C=C(C)C(NCC)c1cc(Br)ccc1I. The van der Waals surface area contributed by atoms with E-state index in [4.69, 9.17) is 0 Å². The molecule has 0 radical (unpaired) electrons. The lowest BCUT2D eigenvalue weighted by Crippen LogP contribution is -2.22. The molecule has 1 rings (SSSR count). The first kappa shape index (κ1) is 13.2. The summed E-state index contributed by atoms with van der Waals surface area (Å²) in [5, 5.41) is 3.44. The minimum atomic E-state index is 0.249. The van der Waals surface area contributed by atoms with E-state index >= 15 is 0 Å². The summed E-state index contributed by atoms with van der Waals surface area (Å²) in [4.78, 5) is 0. The van der Waals surface area contributed by atoms with Gasteiger partial charge in [0, 0.05) is 8.04 Å². The maximum absolute atomic E-state index is 4.04. The van der Waals surface area contributed by atoms with Crippen molar-refractivity contribution in [2.75, 3.05) is 6.54 Å². The van der Waals surface area contributed by atoms with Crippen LogP contribution < -0.4 is 5.32 Å². The molecule has 0 spiro atoms. The topological polar surface area (TPSA) is 12.0 Å². The van der Waals surface area contributed by atoms with E-state index in [1.807, 2.05) is 0 Å². The van der Waals surface area contributed by atoms with Crippen molar-refractivity contribution < 1.29 is 0 Å². The smallest absolute Gasteiger partial charge is 0.0541 e. The molecule has 0 heterocycles. The van der Waals surface area contributed by atoms with Crippen molar-refractivity contribution in [2.45, 2.75) is 19.9 Å². The van der Waals surface area contributed by atoms with Gasteiger partial charge in [-0.25, -0.2) is 0 Å². The van der Waals surface area contributed by atoms with Crippen LogP contribution in [0.2, 0.25) is 0 Å². The second kappa shape index (κ2) is 6.01. The molecular weight excluding hydrogens is 365 g/mol. The maximum Gasteiger partial charge on any atom is 0.0541 e. The van der Waals surface area contributed by atoms with Crippen LogP contribution in [0, 0.1) is 3.57 Å². The van der Waals surface area contributed by atoms with Crippen molar-refractivity contribution in [2.24, 2.45) is 0 Å². The summed E-state index contributed by atoms with van der Waals surface area (Å²) in [5.74, 6) is 0. The zero-order valence-electron chi connectivity index (χ0n) is 8.98. The highest BCUT2D eigenvalue weighted by Crippen LogP contribution is 2.27. The number of hydrogen-bond donors (Lipinski definition) is 1. The third-order valence-corrected chi connectivity index (χ3v) is 3.65. The predicted octanol–water partition coefficient (Wildman–Crippen LogP) is 4.28. The summed E-state index contributed by atoms with van der Waals surface area (Å²) in [5.41, 5.74) is 2.44. The summed E-state index contributed by atoms with van der Waals surface area (Å²) in [6, 6.07) is 6.59. The largest absolute Gasteiger partial charge is 0.307 e. The molecule has 0 bridgehead atoms. The van der Waals surface area contributed by atoms with E-state index in [9.17, 15) is 0 Å². The second-order valence-electron chi connectivity index (χ2n) is 3.50. The van der Waals surface area contributed by atoms with Crippen molar-refractivity contribution in [3.05, 3.63) is 44.0 Å². The van der Waals surface area contributed by atoms with Gasteiger partial charge in [0.15, 0.2) is 0 Å². The monoisotopic (exact) mass is 379 g/mol. The molecule has 0 amide bonds. The average Bonchev–Trinajstić information content (AvgIpc) is 2.18. The first-order valence-electron chi connectivity index (χ1n) is 4.90. The highest BCUT2D eigenvalue weighted by molar-refractivity contribution is 14.1. The van der Waals surface area contributed by atoms with E-state index in [1.165, 1.54) is 9.13 Å².